The maximum absolute atomic E-state index is 12.3. The molecule has 1 aliphatic rings. The van der Waals surface area contributed by atoms with E-state index < -0.39 is 5.44 Å². The molecule has 20 heavy (non-hydrogen) atoms. The molecular weight excluding hydrogens is 274 g/mol. The van der Waals surface area contributed by atoms with Crippen molar-refractivity contribution in [1.29, 1.82) is 0 Å². The average molecular weight is 293 g/mol. The Morgan fingerprint density at radius 3 is 2.85 bits per heavy atom. The van der Waals surface area contributed by atoms with Crippen LogP contribution in [0.1, 0.15) is 37.0 Å². The predicted octanol–water partition coefficient (Wildman–Crippen LogP) is 3.10. The topological polar surface area (TPSA) is 46.6 Å². The molecule has 1 atom stereocenters. The Labute approximate surface area is 123 Å². The van der Waals surface area contributed by atoms with E-state index in [9.17, 15) is 9.59 Å². The van der Waals surface area contributed by atoms with E-state index in [0.717, 1.165) is 23.4 Å². The van der Waals surface area contributed by atoms with Crippen molar-refractivity contribution in [3.8, 4) is 0 Å². The first-order chi connectivity index (χ1) is 9.54. The van der Waals surface area contributed by atoms with Gasteiger partial charge in [-0.1, -0.05) is 31.2 Å². The summed E-state index contributed by atoms with van der Waals surface area (Å²) in [5, 5.41) is 0. The minimum Gasteiger partial charge on any atom is -0.357 e. The van der Waals surface area contributed by atoms with E-state index in [1.165, 1.54) is 18.7 Å². The summed E-state index contributed by atoms with van der Waals surface area (Å²) in [4.78, 5) is 26.2. The minimum absolute atomic E-state index is 0.0000294. The summed E-state index contributed by atoms with van der Waals surface area (Å²) in [6, 6.07) is 5.45. The highest BCUT2D eigenvalue weighted by molar-refractivity contribution is 8.00. The molecule has 0 spiro atoms. The third kappa shape index (κ3) is 3.04. The SMILES string of the molecule is CCCCOC1Sc2ccc(C(C)=O)cc2N(C)C1=O. The van der Waals surface area contributed by atoms with Crippen LogP contribution < -0.4 is 4.90 Å². The van der Waals surface area contributed by atoms with Crippen LogP contribution in [0.3, 0.4) is 0 Å². The largest absolute Gasteiger partial charge is 0.357 e. The van der Waals surface area contributed by atoms with Crippen LogP contribution in [0.2, 0.25) is 0 Å². The number of ether oxygens (including phenoxy) is 1. The second-order valence-electron chi connectivity index (χ2n) is 4.81. The number of ketones is 1. The monoisotopic (exact) mass is 293 g/mol. The number of nitrogens with zero attached hydrogens (tertiary/aromatic N) is 1. The van der Waals surface area contributed by atoms with Gasteiger partial charge in [-0.2, -0.15) is 0 Å². The van der Waals surface area contributed by atoms with Crippen molar-refractivity contribution < 1.29 is 14.3 Å². The second-order valence-corrected chi connectivity index (χ2v) is 5.91. The lowest BCUT2D eigenvalue weighted by Crippen LogP contribution is -2.39. The molecule has 0 radical (unpaired) electrons. The minimum atomic E-state index is -0.484. The maximum atomic E-state index is 12.3. The number of hydrogen-bond acceptors (Lipinski definition) is 4. The van der Waals surface area contributed by atoms with E-state index in [-0.39, 0.29) is 11.7 Å². The smallest absolute Gasteiger partial charge is 0.266 e. The van der Waals surface area contributed by atoms with Crippen molar-refractivity contribution in [2.75, 3.05) is 18.6 Å². The molecule has 1 unspecified atom stereocenters. The normalized spacial score (nSPS) is 18.1. The molecule has 0 aromatic heterocycles. The van der Waals surface area contributed by atoms with Gasteiger partial charge in [0.05, 0.1) is 5.69 Å². The first kappa shape index (κ1) is 15.1. The van der Waals surface area contributed by atoms with Crippen LogP contribution in [0.15, 0.2) is 23.1 Å². The number of carbonyl (C=O) groups is 2. The highest BCUT2D eigenvalue weighted by Gasteiger charge is 2.32. The van der Waals surface area contributed by atoms with Crippen LogP contribution in [0.25, 0.3) is 0 Å². The zero-order valence-electron chi connectivity index (χ0n) is 12.0. The van der Waals surface area contributed by atoms with E-state index in [4.69, 9.17) is 4.74 Å². The zero-order valence-corrected chi connectivity index (χ0v) is 12.8. The van der Waals surface area contributed by atoms with Crippen molar-refractivity contribution >= 4 is 29.1 Å². The molecule has 1 aliphatic heterocycles. The van der Waals surface area contributed by atoms with Gasteiger partial charge in [0.15, 0.2) is 11.2 Å². The summed E-state index contributed by atoms with van der Waals surface area (Å²) >= 11 is 1.41. The van der Waals surface area contributed by atoms with Gasteiger partial charge in [0.2, 0.25) is 0 Å². The molecule has 0 aliphatic carbocycles. The number of likely N-dealkylation sites (N-methyl/N-ethyl adjacent to an activating group) is 1. The van der Waals surface area contributed by atoms with E-state index in [2.05, 4.69) is 6.92 Å². The Balaban J connectivity index is 2.21. The highest BCUT2D eigenvalue weighted by atomic mass is 32.2. The molecule has 1 aromatic rings. The number of hydrogen-bond donors (Lipinski definition) is 0. The second kappa shape index (κ2) is 6.41. The van der Waals surface area contributed by atoms with Crippen LogP contribution in [-0.4, -0.2) is 30.8 Å². The van der Waals surface area contributed by atoms with Crippen molar-refractivity contribution in [1.82, 2.24) is 0 Å². The fraction of sp³-hybridized carbons (Fsp3) is 0.467. The van der Waals surface area contributed by atoms with E-state index in [1.54, 1.807) is 24.1 Å². The number of Topliss-reactive ketones (excluding diaryl/α,β-unsaturated/α-hetero) is 1. The van der Waals surface area contributed by atoms with Crippen LogP contribution >= 0.6 is 11.8 Å². The number of benzene rings is 1. The van der Waals surface area contributed by atoms with Crippen LogP contribution in [-0.2, 0) is 9.53 Å². The molecule has 0 fully saturated rings. The van der Waals surface area contributed by atoms with Gasteiger partial charge in [0.1, 0.15) is 0 Å². The van der Waals surface area contributed by atoms with Gasteiger partial charge in [-0.3, -0.25) is 9.59 Å². The third-order valence-electron chi connectivity index (χ3n) is 3.26. The van der Waals surface area contributed by atoms with Crippen molar-refractivity contribution in [3.05, 3.63) is 23.8 Å². The average Bonchev–Trinajstić information content (AvgIpc) is 2.44. The van der Waals surface area contributed by atoms with Gasteiger partial charge in [-0.05, 0) is 25.5 Å². The molecule has 2 rings (SSSR count). The Kier molecular flexibility index (Phi) is 4.83. The van der Waals surface area contributed by atoms with E-state index in [1.807, 2.05) is 6.07 Å². The number of rotatable bonds is 5. The van der Waals surface area contributed by atoms with Gasteiger partial charge < -0.3 is 9.64 Å². The molecule has 0 saturated carbocycles. The summed E-state index contributed by atoms with van der Waals surface area (Å²) in [5.74, 6) is -0.0701. The lowest BCUT2D eigenvalue weighted by atomic mass is 10.1. The van der Waals surface area contributed by atoms with Crippen LogP contribution in [0, 0.1) is 0 Å². The van der Waals surface area contributed by atoms with Crippen molar-refractivity contribution in [3.63, 3.8) is 0 Å². The highest BCUT2D eigenvalue weighted by Crippen LogP contribution is 2.39. The van der Waals surface area contributed by atoms with Gasteiger partial charge in [-0.25, -0.2) is 0 Å². The molecule has 0 N–H and O–H groups in total. The quantitative estimate of drug-likeness (QED) is 0.618. The molecule has 5 heteroatoms. The summed E-state index contributed by atoms with van der Waals surface area (Å²) < 4.78 is 5.65. The number of carbonyl (C=O) groups excluding carboxylic acids is 2. The molecule has 108 valence electrons. The summed E-state index contributed by atoms with van der Waals surface area (Å²) in [6.45, 7) is 4.20. The molecule has 0 bridgehead atoms. The van der Waals surface area contributed by atoms with Gasteiger partial charge in [0, 0.05) is 24.1 Å². The summed E-state index contributed by atoms with van der Waals surface area (Å²) in [6.07, 6.45) is 1.99. The number of anilines is 1. The maximum Gasteiger partial charge on any atom is 0.266 e. The fourth-order valence-electron chi connectivity index (χ4n) is 1.98. The number of fused-ring (bicyclic) bond motifs is 1. The Bertz CT molecular complexity index is 530. The van der Waals surface area contributed by atoms with Crippen molar-refractivity contribution in [2.24, 2.45) is 0 Å². The first-order valence-corrected chi connectivity index (χ1v) is 7.63. The lowest BCUT2D eigenvalue weighted by molar-refractivity contribution is -0.125. The fourth-order valence-corrected chi connectivity index (χ4v) is 3.10. The summed E-state index contributed by atoms with van der Waals surface area (Å²) in [5.41, 5.74) is 0.916. The third-order valence-corrected chi connectivity index (χ3v) is 4.41. The number of amides is 1. The molecule has 1 aromatic carbocycles. The Morgan fingerprint density at radius 2 is 2.20 bits per heavy atom. The zero-order chi connectivity index (χ0) is 14.7. The molecule has 1 amide bonds. The predicted molar refractivity (Wildman–Crippen MR) is 80.4 cm³/mol. The van der Waals surface area contributed by atoms with Gasteiger partial charge >= 0.3 is 0 Å². The van der Waals surface area contributed by atoms with E-state index >= 15 is 0 Å². The van der Waals surface area contributed by atoms with Crippen LogP contribution in [0.5, 0.6) is 0 Å². The number of unbranched alkanes of at least 4 members (excludes halogenated alkanes) is 1. The molecule has 0 saturated heterocycles. The van der Waals surface area contributed by atoms with E-state index in [0.29, 0.717) is 12.2 Å². The van der Waals surface area contributed by atoms with Crippen LogP contribution in [0.4, 0.5) is 5.69 Å². The standard InChI is InChI=1S/C15H19NO3S/c1-4-5-8-19-15-14(18)16(3)12-9-11(10(2)17)6-7-13(12)20-15/h6-7,9,15H,4-5,8H2,1-3H3. The first-order valence-electron chi connectivity index (χ1n) is 6.75. The number of thioether (sulfide) groups is 1. The Hall–Kier alpha value is -1.33. The van der Waals surface area contributed by atoms with Gasteiger partial charge in [-0.15, -0.1) is 0 Å². The molecule has 1 heterocycles. The van der Waals surface area contributed by atoms with Gasteiger partial charge in [0.25, 0.3) is 5.91 Å². The molecule has 4 nitrogen and oxygen atoms in total. The Morgan fingerprint density at radius 1 is 1.45 bits per heavy atom. The lowest BCUT2D eigenvalue weighted by Gasteiger charge is -2.31. The summed E-state index contributed by atoms with van der Waals surface area (Å²) in [7, 11) is 1.72. The molecular formula is C15H19NO3S. The van der Waals surface area contributed by atoms with Crippen molar-refractivity contribution in [2.45, 2.75) is 37.0 Å².